The summed E-state index contributed by atoms with van der Waals surface area (Å²) in [5.41, 5.74) is 0.793. The molecular weight excluding hydrogens is 512 g/mol. The Labute approximate surface area is 202 Å². The minimum Gasteiger partial charge on any atom is -0.491 e. The summed E-state index contributed by atoms with van der Waals surface area (Å²) in [6, 6.07) is 5.26. The zero-order chi connectivity index (χ0) is 21.8. The Bertz CT molecular complexity index is 696. The van der Waals surface area contributed by atoms with E-state index in [4.69, 9.17) is 4.74 Å². The number of carbonyl (C=O) groups excluding carboxylic acids is 1. The van der Waals surface area contributed by atoms with Crippen LogP contribution in [-0.4, -0.2) is 62.1 Å². The molecule has 1 aromatic rings. The van der Waals surface area contributed by atoms with Crippen LogP contribution in [0.15, 0.2) is 23.2 Å². The topological polar surface area (TPSA) is 78.0 Å². The summed E-state index contributed by atoms with van der Waals surface area (Å²) in [4.78, 5) is 18.7. The number of benzene rings is 1. The van der Waals surface area contributed by atoms with Crippen LogP contribution in [0.4, 0.5) is 4.39 Å². The summed E-state index contributed by atoms with van der Waals surface area (Å²) in [6.45, 7) is 10.4. The molecule has 0 aromatic heterocycles. The minimum absolute atomic E-state index is 0. The molecule has 1 aliphatic heterocycles. The number of likely N-dealkylation sites (tertiary alicyclic amines) is 1. The molecule has 0 spiro atoms. The summed E-state index contributed by atoms with van der Waals surface area (Å²) < 4.78 is 19.3. The van der Waals surface area contributed by atoms with Gasteiger partial charge in [-0.25, -0.2) is 9.38 Å². The van der Waals surface area contributed by atoms with E-state index in [1.165, 1.54) is 6.07 Å². The highest BCUT2D eigenvalue weighted by atomic mass is 127. The van der Waals surface area contributed by atoms with E-state index in [1.807, 2.05) is 26.8 Å². The Hall–Kier alpha value is -1.62. The van der Waals surface area contributed by atoms with Gasteiger partial charge in [0.2, 0.25) is 5.91 Å². The van der Waals surface area contributed by atoms with Crippen LogP contribution in [0.5, 0.6) is 5.75 Å². The first-order chi connectivity index (χ1) is 14.5. The third-order valence-corrected chi connectivity index (χ3v) is 4.93. The van der Waals surface area contributed by atoms with E-state index in [0.29, 0.717) is 25.7 Å². The predicted molar refractivity (Wildman–Crippen MR) is 134 cm³/mol. The third-order valence-electron chi connectivity index (χ3n) is 4.93. The molecule has 3 N–H and O–H groups in total. The molecule has 9 heteroatoms. The van der Waals surface area contributed by atoms with Gasteiger partial charge in [-0.15, -0.1) is 24.0 Å². The van der Waals surface area contributed by atoms with E-state index in [2.05, 4.69) is 25.8 Å². The van der Waals surface area contributed by atoms with Crippen LogP contribution < -0.4 is 20.7 Å². The number of hydrogen-bond acceptors (Lipinski definition) is 4. The molecule has 0 saturated carbocycles. The zero-order valence-electron chi connectivity index (χ0n) is 18.9. The van der Waals surface area contributed by atoms with Crippen LogP contribution in [-0.2, 0) is 11.3 Å². The smallest absolute Gasteiger partial charge is 0.234 e. The molecule has 0 bridgehead atoms. The van der Waals surface area contributed by atoms with Crippen LogP contribution in [0, 0.1) is 5.82 Å². The number of halogens is 2. The maximum Gasteiger partial charge on any atom is 0.234 e. The predicted octanol–water partition coefficient (Wildman–Crippen LogP) is 2.89. The standard InChI is InChI=1S/C22H36FN5O2.HI/c1-4-11-25-21(29)16-28-12-9-18(10-13-28)27-22(24-5-2)26-15-17-7-8-20(30-6-3)19(23)14-17;/h7-8,14,18H,4-6,9-13,15-16H2,1-3H3,(H,25,29)(H2,24,26,27);1H. The first kappa shape index (κ1) is 27.4. The van der Waals surface area contributed by atoms with Gasteiger partial charge in [-0.3, -0.25) is 9.69 Å². The van der Waals surface area contributed by atoms with Crippen LogP contribution in [0.1, 0.15) is 45.6 Å². The fraction of sp³-hybridized carbons (Fsp3) is 0.636. The number of aliphatic imine (C=N–C) groups is 1. The lowest BCUT2D eigenvalue weighted by Gasteiger charge is -2.32. The number of guanidine groups is 1. The average molecular weight is 549 g/mol. The number of amides is 1. The molecule has 1 saturated heterocycles. The van der Waals surface area contributed by atoms with Gasteiger partial charge in [-0.1, -0.05) is 13.0 Å². The average Bonchev–Trinajstić information content (AvgIpc) is 2.74. The molecule has 0 aliphatic carbocycles. The Balaban J connectivity index is 0.00000480. The first-order valence-electron chi connectivity index (χ1n) is 11.0. The van der Waals surface area contributed by atoms with Gasteiger partial charge >= 0.3 is 0 Å². The highest BCUT2D eigenvalue weighted by Gasteiger charge is 2.21. The quantitative estimate of drug-likeness (QED) is 0.238. The summed E-state index contributed by atoms with van der Waals surface area (Å²) in [5.74, 6) is 0.731. The molecule has 1 amide bonds. The van der Waals surface area contributed by atoms with Crippen molar-refractivity contribution < 1.29 is 13.9 Å². The van der Waals surface area contributed by atoms with Crippen LogP contribution >= 0.6 is 24.0 Å². The van der Waals surface area contributed by atoms with Crippen molar-refractivity contribution in [2.24, 2.45) is 4.99 Å². The van der Waals surface area contributed by atoms with Gasteiger partial charge in [0.15, 0.2) is 17.5 Å². The van der Waals surface area contributed by atoms with E-state index < -0.39 is 0 Å². The number of nitrogens with one attached hydrogen (secondary N) is 3. The van der Waals surface area contributed by atoms with Crippen molar-refractivity contribution in [3.63, 3.8) is 0 Å². The van der Waals surface area contributed by atoms with Gasteiger partial charge < -0.3 is 20.7 Å². The Morgan fingerprint density at radius 3 is 2.58 bits per heavy atom. The molecular formula is C22H37FIN5O2. The van der Waals surface area contributed by atoms with Gasteiger partial charge in [0.25, 0.3) is 0 Å². The second kappa shape index (κ2) is 15.2. The first-order valence-corrected chi connectivity index (χ1v) is 11.0. The van der Waals surface area contributed by atoms with E-state index in [-0.39, 0.29) is 41.5 Å². The molecule has 0 unspecified atom stereocenters. The van der Waals surface area contributed by atoms with E-state index in [0.717, 1.165) is 57.0 Å². The van der Waals surface area contributed by atoms with Gasteiger partial charge in [-0.2, -0.15) is 0 Å². The Morgan fingerprint density at radius 2 is 1.97 bits per heavy atom. The fourth-order valence-electron chi connectivity index (χ4n) is 3.36. The van der Waals surface area contributed by atoms with Crippen molar-refractivity contribution in [1.82, 2.24) is 20.9 Å². The number of carbonyl (C=O) groups is 1. The van der Waals surface area contributed by atoms with Crippen LogP contribution in [0.2, 0.25) is 0 Å². The number of ether oxygens (including phenoxy) is 1. The van der Waals surface area contributed by atoms with Crippen LogP contribution in [0.3, 0.4) is 0 Å². The van der Waals surface area contributed by atoms with Crippen molar-refractivity contribution in [2.45, 2.75) is 52.6 Å². The molecule has 7 nitrogen and oxygen atoms in total. The monoisotopic (exact) mass is 549 g/mol. The number of hydrogen-bond donors (Lipinski definition) is 3. The summed E-state index contributed by atoms with van der Waals surface area (Å²) in [5, 5.41) is 9.66. The van der Waals surface area contributed by atoms with E-state index >= 15 is 0 Å². The van der Waals surface area contributed by atoms with Gasteiger partial charge in [0.1, 0.15) is 0 Å². The second-order valence-electron chi connectivity index (χ2n) is 7.44. The normalized spacial score (nSPS) is 15.2. The molecule has 1 heterocycles. The Kier molecular flexibility index (Phi) is 13.5. The Morgan fingerprint density at radius 1 is 1.23 bits per heavy atom. The lowest BCUT2D eigenvalue weighted by atomic mass is 10.1. The molecule has 1 aromatic carbocycles. The number of piperidine rings is 1. The lowest BCUT2D eigenvalue weighted by Crippen LogP contribution is -2.50. The highest BCUT2D eigenvalue weighted by Crippen LogP contribution is 2.18. The third kappa shape index (κ3) is 10.0. The molecule has 1 aliphatic rings. The van der Waals surface area contributed by atoms with Gasteiger partial charge in [-0.05, 0) is 50.8 Å². The highest BCUT2D eigenvalue weighted by molar-refractivity contribution is 14.0. The van der Waals surface area contributed by atoms with E-state index in [9.17, 15) is 9.18 Å². The zero-order valence-corrected chi connectivity index (χ0v) is 21.2. The molecule has 0 radical (unpaired) electrons. The SMILES string of the molecule is CCCNC(=O)CN1CCC(NC(=NCc2ccc(OCC)c(F)c2)NCC)CC1.I. The molecule has 2 rings (SSSR count). The van der Waals surface area contributed by atoms with Crippen molar-refractivity contribution in [3.8, 4) is 5.75 Å². The number of rotatable bonds is 10. The van der Waals surface area contributed by atoms with Crippen molar-refractivity contribution in [2.75, 3.05) is 39.3 Å². The van der Waals surface area contributed by atoms with Gasteiger partial charge in [0.05, 0.1) is 19.7 Å². The van der Waals surface area contributed by atoms with Crippen molar-refractivity contribution in [3.05, 3.63) is 29.6 Å². The van der Waals surface area contributed by atoms with E-state index in [1.54, 1.807) is 6.07 Å². The number of nitrogens with zero attached hydrogens (tertiary/aromatic N) is 2. The fourth-order valence-corrected chi connectivity index (χ4v) is 3.36. The molecule has 0 atom stereocenters. The molecule has 31 heavy (non-hydrogen) atoms. The maximum atomic E-state index is 14.0. The van der Waals surface area contributed by atoms with Crippen molar-refractivity contribution >= 4 is 35.8 Å². The second-order valence-corrected chi connectivity index (χ2v) is 7.44. The maximum absolute atomic E-state index is 14.0. The molecule has 176 valence electrons. The van der Waals surface area contributed by atoms with Crippen LogP contribution in [0.25, 0.3) is 0 Å². The van der Waals surface area contributed by atoms with Gasteiger partial charge in [0, 0.05) is 32.2 Å². The summed E-state index contributed by atoms with van der Waals surface area (Å²) in [7, 11) is 0. The minimum atomic E-state index is -0.363. The molecule has 1 fully saturated rings. The summed E-state index contributed by atoms with van der Waals surface area (Å²) in [6.07, 6.45) is 2.85. The largest absolute Gasteiger partial charge is 0.491 e. The lowest BCUT2D eigenvalue weighted by molar-refractivity contribution is -0.122. The summed E-state index contributed by atoms with van der Waals surface area (Å²) >= 11 is 0. The van der Waals surface area contributed by atoms with Crippen molar-refractivity contribution in [1.29, 1.82) is 0 Å².